The molecule has 0 spiro atoms. The molecule has 0 radical (unpaired) electrons. The van der Waals surface area contributed by atoms with Crippen LogP contribution in [0.4, 0.5) is 23.8 Å². The van der Waals surface area contributed by atoms with Crippen molar-refractivity contribution in [2.45, 2.75) is 30.4 Å². The van der Waals surface area contributed by atoms with Crippen LogP contribution in [0.25, 0.3) is 10.8 Å². The molecule has 4 aliphatic rings. The Balaban J connectivity index is 1.38. The first kappa shape index (κ1) is 35.6. The number of allylic oxidation sites excluding steroid dienone is 2. The SMILES string of the molecule is COC(=O)N1C(=O)[C@H]2[C@H](CC=C3[C@H]2C[C@H]2C(=O)N(Nc4ncc(C(F)(F)F)cc4Cl)C(=O)[C@@]2(c2ccc(Cl)cc2)[C@H]3c2c(O)ccc3ccccc23)C1=O. The number of alkyl halides is 3. The number of phenols is 1. The number of nitrogens with zero attached hydrogens (tertiary/aromatic N) is 3. The van der Waals surface area contributed by atoms with E-state index in [1.54, 1.807) is 48.5 Å². The molecule has 11 nitrogen and oxygen atoms in total. The number of pyridine rings is 1. The zero-order chi connectivity index (χ0) is 38.4. The predicted molar refractivity (Wildman–Crippen MR) is 187 cm³/mol. The molecule has 276 valence electrons. The van der Waals surface area contributed by atoms with E-state index in [0.29, 0.717) is 49.1 Å². The minimum atomic E-state index is -4.78. The maximum Gasteiger partial charge on any atom is 0.423 e. The number of hydrogen-bond donors (Lipinski definition) is 2. The summed E-state index contributed by atoms with van der Waals surface area (Å²) in [7, 11) is 1.04. The van der Waals surface area contributed by atoms with Gasteiger partial charge in [0.1, 0.15) is 5.75 Å². The van der Waals surface area contributed by atoms with Crippen molar-refractivity contribution >= 4 is 69.5 Å². The maximum atomic E-state index is 15.4. The fourth-order valence-corrected chi connectivity index (χ4v) is 9.29. The second kappa shape index (κ2) is 12.6. The molecule has 54 heavy (non-hydrogen) atoms. The van der Waals surface area contributed by atoms with Crippen LogP contribution in [0, 0.1) is 23.7 Å². The number of hydrogen-bond acceptors (Lipinski definition) is 9. The van der Waals surface area contributed by atoms with E-state index in [9.17, 15) is 37.5 Å². The zero-order valence-corrected chi connectivity index (χ0v) is 29.4. The first-order valence-electron chi connectivity index (χ1n) is 16.7. The first-order chi connectivity index (χ1) is 25.7. The lowest BCUT2D eigenvalue weighted by Gasteiger charge is -2.51. The number of aromatic nitrogens is 1. The highest BCUT2D eigenvalue weighted by Crippen LogP contribution is 2.65. The van der Waals surface area contributed by atoms with Gasteiger partial charge in [0, 0.05) is 22.7 Å². The Hall–Kier alpha value is -5.47. The number of fused-ring (bicyclic) bond motifs is 5. The average molecular weight is 780 g/mol. The minimum absolute atomic E-state index is 0.00680. The predicted octanol–water partition coefficient (Wildman–Crippen LogP) is 7.02. The highest BCUT2D eigenvalue weighted by Gasteiger charge is 2.71. The van der Waals surface area contributed by atoms with Gasteiger partial charge in [-0.1, -0.05) is 77.3 Å². The molecule has 16 heteroatoms. The summed E-state index contributed by atoms with van der Waals surface area (Å²) in [6, 6.07) is 17.1. The van der Waals surface area contributed by atoms with Crippen molar-refractivity contribution in [2.24, 2.45) is 23.7 Å². The summed E-state index contributed by atoms with van der Waals surface area (Å²) >= 11 is 12.6. The Morgan fingerprint density at radius 2 is 1.70 bits per heavy atom. The van der Waals surface area contributed by atoms with Gasteiger partial charge in [0.15, 0.2) is 5.82 Å². The number of ether oxygens (including phenoxy) is 1. The van der Waals surface area contributed by atoms with Crippen LogP contribution in [-0.4, -0.2) is 56.8 Å². The summed E-state index contributed by atoms with van der Waals surface area (Å²) < 4.78 is 45.2. The van der Waals surface area contributed by atoms with Gasteiger partial charge in [-0.2, -0.15) is 23.1 Å². The third-order valence-corrected chi connectivity index (χ3v) is 11.7. The van der Waals surface area contributed by atoms with Crippen LogP contribution in [0.3, 0.4) is 0 Å². The van der Waals surface area contributed by atoms with E-state index in [4.69, 9.17) is 27.9 Å². The molecular formula is C38H27Cl2F3N4O7. The molecule has 3 heterocycles. The van der Waals surface area contributed by atoms with E-state index in [-0.39, 0.29) is 24.2 Å². The molecule has 3 fully saturated rings. The lowest BCUT2D eigenvalue weighted by molar-refractivity contribution is -0.140. The van der Waals surface area contributed by atoms with Crippen molar-refractivity contribution < 1.29 is 47.0 Å². The molecule has 1 saturated carbocycles. The molecule has 5 amide bonds. The van der Waals surface area contributed by atoms with Crippen LogP contribution in [0.5, 0.6) is 5.75 Å². The maximum absolute atomic E-state index is 15.4. The molecule has 1 aromatic heterocycles. The summed E-state index contributed by atoms with van der Waals surface area (Å²) in [5.41, 5.74) is 0.598. The monoisotopic (exact) mass is 778 g/mol. The van der Waals surface area contributed by atoms with Gasteiger partial charge in [-0.15, -0.1) is 0 Å². The van der Waals surface area contributed by atoms with E-state index in [0.717, 1.165) is 7.11 Å². The van der Waals surface area contributed by atoms with Gasteiger partial charge in [0.25, 0.3) is 11.8 Å². The number of carbonyl (C=O) groups excluding carboxylic acids is 5. The third kappa shape index (κ3) is 5.03. The van der Waals surface area contributed by atoms with Crippen molar-refractivity contribution in [3.8, 4) is 5.75 Å². The Kier molecular flexibility index (Phi) is 8.27. The lowest BCUT2D eigenvalue weighted by atomic mass is 9.48. The number of halogens is 5. The number of rotatable bonds is 4. The van der Waals surface area contributed by atoms with E-state index < -0.39 is 87.3 Å². The van der Waals surface area contributed by atoms with Gasteiger partial charge in [-0.25, -0.2) is 9.78 Å². The van der Waals surface area contributed by atoms with Gasteiger partial charge >= 0.3 is 12.3 Å². The van der Waals surface area contributed by atoms with Gasteiger partial charge < -0.3 is 9.84 Å². The number of aromatic hydroxyl groups is 1. The molecule has 8 rings (SSSR count). The topological polar surface area (TPSA) is 146 Å². The molecule has 6 atom stereocenters. The number of likely N-dealkylation sites (tertiary alicyclic amines) is 1. The number of methoxy groups -OCH3 is 1. The van der Waals surface area contributed by atoms with Crippen LogP contribution in [0.15, 0.2) is 84.6 Å². The standard InChI is InChI=1S/C38H27Cl2F3N4O7/c1-54-36(53)46-32(49)23-12-11-22-24(28(23)34(46)51)15-25-33(50)47(45-31-26(40)14-19(16-44-31)38(41,42)43)35(52)37(25,18-7-9-20(39)10-8-18)30(22)29-21-5-3-2-4-17(21)6-13-27(29)48/h2-11,13-14,16,23-25,28,30,48H,12,15H2,1H3,(H,44,45)/t23-,24+,25-,28-,30+,37+/m0/s1. The Morgan fingerprint density at radius 1 is 0.981 bits per heavy atom. The van der Waals surface area contributed by atoms with E-state index in [1.165, 1.54) is 18.2 Å². The Morgan fingerprint density at radius 3 is 2.39 bits per heavy atom. The van der Waals surface area contributed by atoms with Crippen molar-refractivity contribution in [3.63, 3.8) is 0 Å². The first-order valence-corrected chi connectivity index (χ1v) is 17.5. The molecular weight excluding hydrogens is 752 g/mol. The van der Waals surface area contributed by atoms with Crippen molar-refractivity contribution in [1.29, 1.82) is 0 Å². The minimum Gasteiger partial charge on any atom is -0.508 e. The van der Waals surface area contributed by atoms with Gasteiger partial charge in [-0.05, 0) is 59.4 Å². The number of anilines is 1. The molecule has 2 saturated heterocycles. The zero-order valence-electron chi connectivity index (χ0n) is 27.9. The fraction of sp³-hybridized carbons (Fsp3) is 0.263. The molecule has 4 aromatic rings. The molecule has 3 aromatic carbocycles. The molecule has 0 bridgehead atoms. The smallest absolute Gasteiger partial charge is 0.423 e. The number of amides is 5. The van der Waals surface area contributed by atoms with Crippen LogP contribution in [-0.2, 0) is 35.5 Å². The second-order valence-electron chi connectivity index (χ2n) is 13.6. The normalized spacial score (nSPS) is 26.4. The number of nitrogens with one attached hydrogen (secondary N) is 1. The lowest BCUT2D eigenvalue weighted by Crippen LogP contribution is -2.53. The number of imide groups is 4. The van der Waals surface area contributed by atoms with Crippen molar-refractivity contribution in [3.05, 3.63) is 111 Å². The molecule has 2 N–H and O–H groups in total. The van der Waals surface area contributed by atoms with Gasteiger partial charge in [0.05, 0.1) is 40.9 Å². The summed E-state index contributed by atoms with van der Waals surface area (Å²) in [6.07, 6.45) is -3.87. The highest BCUT2D eigenvalue weighted by atomic mass is 35.5. The largest absolute Gasteiger partial charge is 0.508 e. The quantitative estimate of drug-likeness (QED) is 0.165. The summed E-state index contributed by atoms with van der Waals surface area (Å²) in [6.45, 7) is 0. The van der Waals surface area contributed by atoms with Crippen LogP contribution >= 0.6 is 23.2 Å². The highest BCUT2D eigenvalue weighted by molar-refractivity contribution is 6.33. The van der Waals surface area contributed by atoms with Crippen LogP contribution < -0.4 is 5.43 Å². The summed E-state index contributed by atoms with van der Waals surface area (Å²) in [4.78, 5) is 74.7. The van der Waals surface area contributed by atoms with Gasteiger partial charge in [0.2, 0.25) is 11.8 Å². The number of hydrazine groups is 1. The van der Waals surface area contributed by atoms with E-state index in [2.05, 4.69) is 10.4 Å². The average Bonchev–Trinajstić information content (AvgIpc) is 3.53. The van der Waals surface area contributed by atoms with Crippen LogP contribution in [0.1, 0.15) is 35.4 Å². The van der Waals surface area contributed by atoms with Gasteiger partial charge in [-0.3, -0.25) is 24.6 Å². The van der Waals surface area contributed by atoms with E-state index in [1.807, 2.05) is 0 Å². The summed E-state index contributed by atoms with van der Waals surface area (Å²) in [5.74, 6) is -9.39. The molecule has 2 aliphatic heterocycles. The van der Waals surface area contributed by atoms with Crippen molar-refractivity contribution in [1.82, 2.24) is 14.9 Å². The Bertz CT molecular complexity index is 2350. The third-order valence-electron chi connectivity index (χ3n) is 11.2. The Labute approximate surface area is 314 Å². The van der Waals surface area contributed by atoms with Crippen molar-refractivity contribution in [2.75, 3.05) is 12.5 Å². The molecule has 0 unspecified atom stereocenters. The summed E-state index contributed by atoms with van der Waals surface area (Å²) in [5, 5.41) is 13.5. The number of benzene rings is 3. The van der Waals surface area contributed by atoms with Crippen LogP contribution in [0.2, 0.25) is 10.0 Å². The fourth-order valence-electron chi connectivity index (χ4n) is 8.96. The number of carbonyl (C=O) groups is 5. The molecule has 2 aliphatic carbocycles. The van der Waals surface area contributed by atoms with E-state index >= 15 is 4.79 Å². The number of phenolic OH excluding ortho intramolecular Hbond substituents is 1. The second-order valence-corrected chi connectivity index (χ2v) is 14.5.